The Hall–Kier alpha value is -1.51. The molecule has 1 aromatic rings. The van der Waals surface area contributed by atoms with Gasteiger partial charge in [-0.25, -0.2) is 4.98 Å². The average molecular weight is 296 g/mol. The summed E-state index contributed by atoms with van der Waals surface area (Å²) in [4.78, 5) is 17.6. The van der Waals surface area contributed by atoms with Gasteiger partial charge in [0.15, 0.2) is 5.13 Å². The second-order valence-corrected chi connectivity index (χ2v) is 5.06. The summed E-state index contributed by atoms with van der Waals surface area (Å²) in [6.07, 6.45) is -5.28. The molecule has 5 nitrogen and oxygen atoms in total. The van der Waals surface area contributed by atoms with Gasteiger partial charge in [0.2, 0.25) is 0 Å². The Labute approximate surface area is 112 Å². The van der Waals surface area contributed by atoms with E-state index in [4.69, 9.17) is 5.73 Å². The molecule has 0 aromatic carbocycles. The van der Waals surface area contributed by atoms with Crippen molar-refractivity contribution < 1.29 is 18.0 Å². The first kappa shape index (κ1) is 15.5. The SMILES string of the molecule is CN(C)c1nc(N)c(C(=O)NCCCC(F)(F)F)s1. The van der Waals surface area contributed by atoms with Gasteiger partial charge in [-0.2, -0.15) is 13.2 Å². The van der Waals surface area contributed by atoms with Crippen LogP contribution < -0.4 is 16.0 Å². The fourth-order valence-corrected chi connectivity index (χ4v) is 2.07. The highest BCUT2D eigenvalue weighted by atomic mass is 32.1. The van der Waals surface area contributed by atoms with Gasteiger partial charge in [-0.15, -0.1) is 0 Å². The summed E-state index contributed by atoms with van der Waals surface area (Å²) in [6.45, 7) is -0.0486. The van der Waals surface area contributed by atoms with Crippen LogP contribution in [-0.2, 0) is 0 Å². The first-order valence-corrected chi connectivity index (χ1v) is 6.31. The minimum atomic E-state index is -4.20. The van der Waals surface area contributed by atoms with Crippen LogP contribution in [0, 0.1) is 0 Å². The van der Waals surface area contributed by atoms with E-state index in [-0.39, 0.29) is 23.7 Å². The Morgan fingerprint density at radius 1 is 1.47 bits per heavy atom. The van der Waals surface area contributed by atoms with Gasteiger partial charge in [0.25, 0.3) is 5.91 Å². The van der Waals surface area contributed by atoms with Crippen LogP contribution in [0.3, 0.4) is 0 Å². The van der Waals surface area contributed by atoms with E-state index >= 15 is 0 Å². The number of nitrogen functional groups attached to an aromatic ring is 1. The maximum absolute atomic E-state index is 11.9. The van der Waals surface area contributed by atoms with Crippen molar-refractivity contribution in [1.29, 1.82) is 0 Å². The van der Waals surface area contributed by atoms with Crippen molar-refractivity contribution in [1.82, 2.24) is 10.3 Å². The Bertz CT molecular complexity index is 444. The third-order valence-electron chi connectivity index (χ3n) is 2.15. The predicted octanol–water partition coefficient (Wildman–Crippen LogP) is 1.86. The molecule has 0 saturated carbocycles. The molecule has 0 spiro atoms. The van der Waals surface area contributed by atoms with Crippen molar-refractivity contribution in [3.63, 3.8) is 0 Å². The fourth-order valence-electron chi connectivity index (χ4n) is 1.25. The van der Waals surface area contributed by atoms with E-state index in [2.05, 4.69) is 10.3 Å². The molecule has 0 aliphatic heterocycles. The zero-order valence-corrected chi connectivity index (χ0v) is 11.4. The first-order valence-electron chi connectivity index (χ1n) is 5.49. The van der Waals surface area contributed by atoms with E-state index in [1.54, 1.807) is 19.0 Å². The molecule has 0 fully saturated rings. The molecule has 1 amide bonds. The maximum Gasteiger partial charge on any atom is 0.389 e. The van der Waals surface area contributed by atoms with E-state index in [1.807, 2.05) is 0 Å². The first-order chi connectivity index (χ1) is 8.70. The third-order valence-corrected chi connectivity index (χ3v) is 3.39. The Morgan fingerprint density at radius 2 is 2.11 bits per heavy atom. The summed E-state index contributed by atoms with van der Waals surface area (Å²) >= 11 is 1.09. The number of aromatic nitrogens is 1. The molecule has 0 atom stereocenters. The number of carbonyl (C=O) groups excluding carboxylic acids is 1. The van der Waals surface area contributed by atoms with Gasteiger partial charge in [-0.3, -0.25) is 4.79 Å². The number of rotatable bonds is 5. The van der Waals surface area contributed by atoms with Crippen molar-refractivity contribution in [3.05, 3.63) is 4.88 Å². The smallest absolute Gasteiger partial charge is 0.382 e. The summed E-state index contributed by atoms with van der Waals surface area (Å²) in [5.74, 6) is -0.410. The number of halogens is 3. The minimum absolute atomic E-state index is 0.0486. The summed E-state index contributed by atoms with van der Waals surface area (Å²) in [6, 6.07) is 0. The van der Waals surface area contributed by atoms with Gasteiger partial charge in [0.1, 0.15) is 10.7 Å². The molecule has 9 heteroatoms. The van der Waals surface area contributed by atoms with Gasteiger partial charge in [0.05, 0.1) is 0 Å². The van der Waals surface area contributed by atoms with E-state index in [0.717, 1.165) is 11.3 Å². The van der Waals surface area contributed by atoms with Gasteiger partial charge in [-0.05, 0) is 6.42 Å². The molecule has 0 radical (unpaired) electrons. The number of nitrogens with one attached hydrogen (secondary N) is 1. The molecule has 0 aliphatic rings. The highest BCUT2D eigenvalue weighted by molar-refractivity contribution is 7.18. The molecule has 19 heavy (non-hydrogen) atoms. The number of hydrogen-bond acceptors (Lipinski definition) is 5. The summed E-state index contributed by atoms with van der Waals surface area (Å²) < 4.78 is 35.7. The number of amides is 1. The summed E-state index contributed by atoms with van der Waals surface area (Å²) in [7, 11) is 3.51. The molecule has 1 rings (SSSR count). The monoisotopic (exact) mass is 296 g/mol. The minimum Gasteiger partial charge on any atom is -0.382 e. The zero-order valence-electron chi connectivity index (χ0n) is 10.5. The normalized spacial score (nSPS) is 11.4. The predicted molar refractivity (Wildman–Crippen MR) is 68.5 cm³/mol. The van der Waals surface area contributed by atoms with E-state index < -0.39 is 18.5 Å². The maximum atomic E-state index is 11.9. The second-order valence-electron chi connectivity index (χ2n) is 4.08. The largest absolute Gasteiger partial charge is 0.389 e. The van der Waals surface area contributed by atoms with Crippen LogP contribution in [0.1, 0.15) is 22.5 Å². The van der Waals surface area contributed by atoms with Crippen molar-refractivity contribution in [2.24, 2.45) is 0 Å². The number of anilines is 2. The quantitative estimate of drug-likeness (QED) is 0.814. The van der Waals surface area contributed by atoms with Crippen molar-refractivity contribution >= 4 is 28.2 Å². The zero-order chi connectivity index (χ0) is 14.6. The number of nitrogens with two attached hydrogens (primary N) is 1. The lowest BCUT2D eigenvalue weighted by molar-refractivity contribution is -0.135. The molecule has 0 unspecified atom stereocenters. The van der Waals surface area contributed by atoms with Crippen molar-refractivity contribution in [2.75, 3.05) is 31.3 Å². The summed E-state index contributed by atoms with van der Waals surface area (Å²) in [5, 5.41) is 2.97. The molecular formula is C10H15F3N4OS. The second kappa shape index (κ2) is 6.09. The van der Waals surface area contributed by atoms with E-state index in [1.165, 1.54) is 0 Å². The molecular weight excluding hydrogens is 281 g/mol. The van der Waals surface area contributed by atoms with E-state index in [9.17, 15) is 18.0 Å². The third kappa shape index (κ3) is 4.93. The molecule has 1 aromatic heterocycles. The van der Waals surface area contributed by atoms with Crippen LogP contribution in [0.2, 0.25) is 0 Å². The standard InChI is InChI=1S/C10H15F3N4OS/c1-17(2)9-16-7(14)6(19-9)8(18)15-5-3-4-10(11,12)13/h3-5,14H2,1-2H3,(H,15,18). The van der Waals surface area contributed by atoms with E-state index in [0.29, 0.717) is 5.13 Å². The number of thiazole rings is 1. The fraction of sp³-hybridized carbons (Fsp3) is 0.600. The van der Waals surface area contributed by atoms with Crippen LogP contribution in [0.4, 0.5) is 24.1 Å². The van der Waals surface area contributed by atoms with Crippen LogP contribution in [-0.4, -0.2) is 37.7 Å². The molecule has 3 N–H and O–H groups in total. The number of nitrogens with zero attached hydrogens (tertiary/aromatic N) is 2. The molecule has 0 bridgehead atoms. The highest BCUT2D eigenvalue weighted by Gasteiger charge is 2.26. The van der Waals surface area contributed by atoms with Gasteiger partial charge in [-0.1, -0.05) is 11.3 Å². The number of carbonyl (C=O) groups is 1. The van der Waals surface area contributed by atoms with Crippen LogP contribution in [0.25, 0.3) is 0 Å². The Balaban J connectivity index is 2.50. The van der Waals surface area contributed by atoms with Crippen LogP contribution in [0.15, 0.2) is 0 Å². The lowest BCUT2D eigenvalue weighted by atomic mass is 10.3. The molecule has 0 saturated heterocycles. The van der Waals surface area contributed by atoms with Crippen LogP contribution in [0.5, 0.6) is 0 Å². The molecule has 1 heterocycles. The number of hydrogen-bond donors (Lipinski definition) is 2. The summed E-state index contributed by atoms with van der Waals surface area (Å²) in [5.41, 5.74) is 5.59. The van der Waals surface area contributed by atoms with Gasteiger partial charge < -0.3 is 16.0 Å². The molecule has 108 valence electrons. The average Bonchev–Trinajstić information content (AvgIpc) is 2.65. The Morgan fingerprint density at radius 3 is 2.58 bits per heavy atom. The number of alkyl halides is 3. The lowest BCUT2D eigenvalue weighted by Gasteiger charge is -2.07. The van der Waals surface area contributed by atoms with Crippen molar-refractivity contribution in [2.45, 2.75) is 19.0 Å². The van der Waals surface area contributed by atoms with Crippen LogP contribution >= 0.6 is 11.3 Å². The van der Waals surface area contributed by atoms with Crippen molar-refractivity contribution in [3.8, 4) is 0 Å². The topological polar surface area (TPSA) is 71.2 Å². The van der Waals surface area contributed by atoms with Gasteiger partial charge in [0, 0.05) is 27.1 Å². The highest BCUT2D eigenvalue weighted by Crippen LogP contribution is 2.26. The molecule has 0 aliphatic carbocycles. The Kier molecular flexibility index (Phi) is 4.98. The van der Waals surface area contributed by atoms with Gasteiger partial charge >= 0.3 is 6.18 Å². The lowest BCUT2D eigenvalue weighted by Crippen LogP contribution is -2.25.